The van der Waals surface area contributed by atoms with Gasteiger partial charge in [0.25, 0.3) is 0 Å². The third-order valence-electron chi connectivity index (χ3n) is 2.96. The van der Waals surface area contributed by atoms with Gasteiger partial charge in [0.2, 0.25) is 0 Å². The molecule has 5 heteroatoms. The normalized spacial score (nSPS) is 10.3. The summed E-state index contributed by atoms with van der Waals surface area (Å²) < 4.78 is 5.58. The number of carboxylic acids is 1. The van der Waals surface area contributed by atoms with E-state index in [2.05, 4.69) is 6.07 Å². The van der Waals surface area contributed by atoms with Gasteiger partial charge in [0, 0.05) is 16.3 Å². The summed E-state index contributed by atoms with van der Waals surface area (Å²) in [5, 5.41) is 8.80. The molecule has 4 nitrogen and oxygen atoms in total. The van der Waals surface area contributed by atoms with E-state index in [1.165, 1.54) is 12.1 Å². The predicted molar refractivity (Wildman–Crippen MR) is 85.2 cm³/mol. The number of benzene rings is 2. The topological polar surface area (TPSA) is 72.5 Å². The molecule has 110 valence electrons. The number of carbonyl (C=O) groups is 1. The number of nitrogen functional groups attached to an aromatic ring is 1. The van der Waals surface area contributed by atoms with E-state index in [9.17, 15) is 4.79 Å². The van der Waals surface area contributed by atoms with Crippen LogP contribution in [-0.4, -0.2) is 23.4 Å². The molecule has 0 heterocycles. The van der Waals surface area contributed by atoms with E-state index in [4.69, 9.17) is 15.6 Å². The highest BCUT2D eigenvalue weighted by molar-refractivity contribution is 7.99. The highest BCUT2D eigenvalue weighted by atomic mass is 32.2. The number of rotatable bonds is 6. The molecule has 2 aromatic rings. The van der Waals surface area contributed by atoms with Gasteiger partial charge in [-0.3, -0.25) is 0 Å². The van der Waals surface area contributed by atoms with Crippen LogP contribution >= 0.6 is 11.8 Å². The number of hydrogen-bond acceptors (Lipinski definition) is 4. The Morgan fingerprint density at radius 2 is 1.95 bits per heavy atom. The van der Waals surface area contributed by atoms with Gasteiger partial charge in [-0.1, -0.05) is 0 Å². The first-order valence-corrected chi connectivity index (χ1v) is 7.50. The van der Waals surface area contributed by atoms with Crippen LogP contribution in [0, 0.1) is 6.92 Å². The number of nitrogens with two attached hydrogens (primary N) is 1. The second-order valence-electron chi connectivity index (χ2n) is 4.54. The molecule has 0 radical (unpaired) electrons. The molecule has 2 aromatic carbocycles. The van der Waals surface area contributed by atoms with Crippen LogP contribution < -0.4 is 10.5 Å². The fourth-order valence-corrected chi connectivity index (χ4v) is 2.58. The molecular weight excluding hydrogens is 286 g/mol. The summed E-state index contributed by atoms with van der Waals surface area (Å²) in [5.74, 6) is 0.550. The molecule has 0 aliphatic heterocycles. The van der Waals surface area contributed by atoms with Gasteiger partial charge in [-0.15, -0.1) is 11.8 Å². The highest BCUT2D eigenvalue weighted by Crippen LogP contribution is 2.22. The van der Waals surface area contributed by atoms with Crippen LogP contribution in [0.1, 0.15) is 15.9 Å². The maximum Gasteiger partial charge on any atom is 0.335 e. The van der Waals surface area contributed by atoms with Crippen LogP contribution in [0.25, 0.3) is 0 Å². The molecule has 3 N–H and O–H groups in total. The SMILES string of the molecule is Cc1cc(SCCOc2ccc(C(=O)O)cc2)ccc1N. The summed E-state index contributed by atoms with van der Waals surface area (Å²) in [4.78, 5) is 11.9. The molecule has 0 aliphatic rings. The van der Waals surface area contributed by atoms with Gasteiger partial charge in [0.15, 0.2) is 0 Å². The van der Waals surface area contributed by atoms with Crippen molar-refractivity contribution < 1.29 is 14.6 Å². The summed E-state index contributed by atoms with van der Waals surface area (Å²) in [6, 6.07) is 12.4. The molecule has 0 saturated heterocycles. The summed E-state index contributed by atoms with van der Waals surface area (Å²) in [6.07, 6.45) is 0. The van der Waals surface area contributed by atoms with E-state index in [-0.39, 0.29) is 5.56 Å². The number of aryl methyl sites for hydroxylation is 1. The van der Waals surface area contributed by atoms with Crippen molar-refractivity contribution in [3.8, 4) is 5.75 Å². The Morgan fingerprint density at radius 1 is 1.24 bits per heavy atom. The molecule has 0 saturated carbocycles. The van der Waals surface area contributed by atoms with Crippen molar-refractivity contribution in [3.05, 3.63) is 53.6 Å². The van der Waals surface area contributed by atoms with Crippen molar-refractivity contribution in [1.29, 1.82) is 0 Å². The summed E-state index contributed by atoms with van der Waals surface area (Å²) in [5.41, 5.74) is 7.91. The molecule has 0 atom stereocenters. The molecule has 0 unspecified atom stereocenters. The average Bonchev–Trinajstić information content (AvgIpc) is 2.47. The molecule has 2 rings (SSSR count). The minimum Gasteiger partial charge on any atom is -0.493 e. The first-order chi connectivity index (χ1) is 10.1. The Hall–Kier alpha value is -2.14. The standard InChI is InChI=1S/C16H17NO3S/c1-11-10-14(6-7-15(11)17)21-9-8-20-13-4-2-12(3-5-13)16(18)19/h2-7,10H,8-9,17H2,1H3,(H,18,19). The Bertz CT molecular complexity index is 626. The largest absolute Gasteiger partial charge is 0.493 e. The van der Waals surface area contributed by atoms with E-state index in [0.29, 0.717) is 12.4 Å². The number of anilines is 1. The maximum atomic E-state index is 10.7. The Balaban J connectivity index is 1.79. The zero-order valence-electron chi connectivity index (χ0n) is 11.7. The van der Waals surface area contributed by atoms with Crippen molar-refractivity contribution in [2.24, 2.45) is 0 Å². The summed E-state index contributed by atoms with van der Waals surface area (Å²) in [7, 11) is 0. The minimum absolute atomic E-state index is 0.258. The fraction of sp³-hybridized carbons (Fsp3) is 0.188. The number of hydrogen-bond donors (Lipinski definition) is 2. The van der Waals surface area contributed by atoms with Crippen LogP contribution in [-0.2, 0) is 0 Å². The zero-order valence-corrected chi connectivity index (χ0v) is 12.5. The van der Waals surface area contributed by atoms with E-state index in [1.54, 1.807) is 23.9 Å². The molecule has 21 heavy (non-hydrogen) atoms. The second kappa shape index (κ2) is 7.04. The molecule has 0 aromatic heterocycles. The molecule has 0 aliphatic carbocycles. The van der Waals surface area contributed by atoms with Crippen LogP contribution in [0.5, 0.6) is 5.75 Å². The van der Waals surface area contributed by atoms with Crippen molar-refractivity contribution >= 4 is 23.4 Å². The molecule has 0 fully saturated rings. The van der Waals surface area contributed by atoms with Crippen LogP contribution in [0.3, 0.4) is 0 Å². The lowest BCUT2D eigenvalue weighted by Crippen LogP contribution is -2.01. The average molecular weight is 303 g/mol. The number of ether oxygens (including phenoxy) is 1. The van der Waals surface area contributed by atoms with E-state index in [1.807, 2.05) is 19.1 Å². The van der Waals surface area contributed by atoms with Gasteiger partial charge in [0.05, 0.1) is 12.2 Å². The van der Waals surface area contributed by atoms with Gasteiger partial charge < -0.3 is 15.6 Å². The summed E-state index contributed by atoms with van der Waals surface area (Å²) >= 11 is 1.70. The fourth-order valence-electron chi connectivity index (χ4n) is 1.75. The van der Waals surface area contributed by atoms with E-state index < -0.39 is 5.97 Å². The lowest BCUT2D eigenvalue weighted by molar-refractivity contribution is 0.0697. The maximum absolute atomic E-state index is 10.7. The second-order valence-corrected chi connectivity index (χ2v) is 5.71. The Morgan fingerprint density at radius 3 is 2.57 bits per heavy atom. The molecular formula is C16H17NO3S. The first-order valence-electron chi connectivity index (χ1n) is 6.51. The van der Waals surface area contributed by atoms with Crippen molar-refractivity contribution in [3.63, 3.8) is 0 Å². The number of carboxylic acid groups (broad SMARTS) is 1. The Kier molecular flexibility index (Phi) is 5.11. The van der Waals surface area contributed by atoms with Gasteiger partial charge in [0.1, 0.15) is 5.75 Å². The Labute approximate surface area is 127 Å². The lowest BCUT2D eigenvalue weighted by atomic mass is 10.2. The van der Waals surface area contributed by atoms with Gasteiger partial charge in [-0.05, 0) is 55.0 Å². The third kappa shape index (κ3) is 4.43. The van der Waals surface area contributed by atoms with Crippen LogP contribution in [0.4, 0.5) is 5.69 Å². The van der Waals surface area contributed by atoms with Crippen LogP contribution in [0.15, 0.2) is 47.4 Å². The molecule has 0 amide bonds. The molecule has 0 bridgehead atoms. The monoisotopic (exact) mass is 303 g/mol. The van der Waals surface area contributed by atoms with Crippen molar-refractivity contribution in [2.75, 3.05) is 18.1 Å². The number of aromatic carboxylic acids is 1. The summed E-state index contributed by atoms with van der Waals surface area (Å²) in [6.45, 7) is 2.54. The lowest BCUT2D eigenvalue weighted by Gasteiger charge is -2.07. The number of thioether (sulfide) groups is 1. The zero-order chi connectivity index (χ0) is 15.2. The van der Waals surface area contributed by atoms with Gasteiger partial charge in [-0.25, -0.2) is 4.79 Å². The predicted octanol–water partition coefficient (Wildman–Crippen LogP) is 3.45. The van der Waals surface area contributed by atoms with E-state index >= 15 is 0 Å². The molecule has 0 spiro atoms. The van der Waals surface area contributed by atoms with E-state index in [0.717, 1.165) is 21.9 Å². The third-order valence-corrected chi connectivity index (χ3v) is 3.92. The highest BCUT2D eigenvalue weighted by Gasteiger charge is 2.02. The smallest absolute Gasteiger partial charge is 0.335 e. The quantitative estimate of drug-likeness (QED) is 0.486. The van der Waals surface area contributed by atoms with Gasteiger partial charge in [-0.2, -0.15) is 0 Å². The van der Waals surface area contributed by atoms with Crippen LogP contribution in [0.2, 0.25) is 0 Å². The van der Waals surface area contributed by atoms with Crippen molar-refractivity contribution in [2.45, 2.75) is 11.8 Å². The van der Waals surface area contributed by atoms with Gasteiger partial charge >= 0.3 is 5.97 Å². The minimum atomic E-state index is -0.934. The van der Waals surface area contributed by atoms with Crippen molar-refractivity contribution in [1.82, 2.24) is 0 Å². The first kappa shape index (κ1) is 15.3.